The highest BCUT2D eigenvalue weighted by Crippen LogP contribution is 2.16. The molecule has 0 aliphatic carbocycles. The van der Waals surface area contributed by atoms with Crippen LogP contribution in [0.5, 0.6) is 5.75 Å². The zero-order valence-corrected chi connectivity index (χ0v) is 15.6. The van der Waals surface area contributed by atoms with Crippen molar-refractivity contribution < 1.29 is 14.3 Å². The smallest absolute Gasteiger partial charge is 0.255 e. The van der Waals surface area contributed by atoms with E-state index in [1.165, 1.54) is 0 Å². The van der Waals surface area contributed by atoms with Crippen LogP contribution in [-0.2, 0) is 0 Å². The summed E-state index contributed by atoms with van der Waals surface area (Å²) in [5, 5.41) is 5.62. The van der Waals surface area contributed by atoms with E-state index in [9.17, 15) is 9.59 Å². The molecule has 0 spiro atoms. The van der Waals surface area contributed by atoms with Gasteiger partial charge in [0.1, 0.15) is 12.4 Å². The number of rotatable bonds is 7. The summed E-state index contributed by atoms with van der Waals surface area (Å²) < 4.78 is 5.64. The van der Waals surface area contributed by atoms with Crippen molar-refractivity contribution >= 4 is 17.5 Å². The lowest BCUT2D eigenvalue weighted by molar-refractivity contribution is 0.0948. The van der Waals surface area contributed by atoms with Crippen LogP contribution in [0.25, 0.3) is 0 Å². The lowest BCUT2D eigenvalue weighted by Gasteiger charge is -2.12. The first-order valence-corrected chi connectivity index (χ1v) is 9.06. The third-order valence-electron chi connectivity index (χ3n) is 4.10. The van der Waals surface area contributed by atoms with E-state index in [1.54, 1.807) is 48.5 Å². The third kappa shape index (κ3) is 5.20. The van der Waals surface area contributed by atoms with Crippen molar-refractivity contribution in [2.75, 3.05) is 18.5 Å². The average Bonchev–Trinajstić information content (AvgIpc) is 2.72. The first-order valence-electron chi connectivity index (χ1n) is 9.06. The minimum atomic E-state index is -0.267. The van der Waals surface area contributed by atoms with E-state index in [0.717, 1.165) is 11.3 Å². The highest BCUT2D eigenvalue weighted by Gasteiger charge is 2.13. The zero-order chi connectivity index (χ0) is 19.8. The average molecular weight is 374 g/mol. The molecule has 5 nitrogen and oxygen atoms in total. The highest BCUT2D eigenvalue weighted by molar-refractivity contribution is 6.08. The normalized spacial score (nSPS) is 10.2. The summed E-state index contributed by atoms with van der Waals surface area (Å²) in [4.78, 5) is 24.9. The Balaban J connectivity index is 1.57. The predicted octanol–water partition coefficient (Wildman–Crippen LogP) is 4.06. The van der Waals surface area contributed by atoms with E-state index in [0.29, 0.717) is 30.0 Å². The number of carbonyl (C=O) groups is 2. The predicted molar refractivity (Wildman–Crippen MR) is 110 cm³/mol. The van der Waals surface area contributed by atoms with Crippen LogP contribution in [-0.4, -0.2) is 25.0 Å². The Kier molecular flexibility index (Phi) is 6.41. The molecule has 3 aromatic carbocycles. The van der Waals surface area contributed by atoms with Gasteiger partial charge in [-0.25, -0.2) is 0 Å². The monoisotopic (exact) mass is 374 g/mol. The molecule has 2 N–H and O–H groups in total. The number of benzene rings is 3. The molecule has 0 aliphatic rings. The van der Waals surface area contributed by atoms with Gasteiger partial charge in [-0.1, -0.05) is 42.5 Å². The van der Waals surface area contributed by atoms with Crippen LogP contribution in [0, 0.1) is 6.92 Å². The Morgan fingerprint density at radius 2 is 1.61 bits per heavy atom. The molecule has 3 rings (SSSR count). The van der Waals surface area contributed by atoms with E-state index in [4.69, 9.17) is 4.74 Å². The van der Waals surface area contributed by atoms with E-state index in [2.05, 4.69) is 10.6 Å². The maximum atomic E-state index is 12.5. The first kappa shape index (κ1) is 19.2. The number of aryl methyl sites for hydroxylation is 1. The van der Waals surface area contributed by atoms with Crippen LogP contribution >= 0.6 is 0 Å². The van der Waals surface area contributed by atoms with E-state index < -0.39 is 0 Å². The number of amides is 2. The number of anilines is 1. The third-order valence-corrected chi connectivity index (χ3v) is 4.10. The summed E-state index contributed by atoms with van der Waals surface area (Å²) in [6.45, 7) is 2.71. The zero-order valence-electron chi connectivity index (χ0n) is 15.6. The maximum Gasteiger partial charge on any atom is 0.255 e. The quantitative estimate of drug-likeness (QED) is 0.613. The summed E-state index contributed by atoms with van der Waals surface area (Å²) in [6.07, 6.45) is 0. The van der Waals surface area contributed by atoms with Crippen molar-refractivity contribution in [1.29, 1.82) is 0 Å². The molecular weight excluding hydrogens is 352 g/mol. The van der Waals surface area contributed by atoms with Gasteiger partial charge < -0.3 is 15.4 Å². The van der Waals surface area contributed by atoms with Crippen molar-refractivity contribution in [3.8, 4) is 5.75 Å². The van der Waals surface area contributed by atoms with E-state index in [1.807, 2.05) is 37.3 Å². The van der Waals surface area contributed by atoms with Crippen LogP contribution in [0.2, 0.25) is 0 Å². The van der Waals surface area contributed by atoms with Crippen molar-refractivity contribution in [3.63, 3.8) is 0 Å². The van der Waals surface area contributed by atoms with Gasteiger partial charge in [0.2, 0.25) is 0 Å². The number of carbonyl (C=O) groups excluding carboxylic acids is 2. The van der Waals surface area contributed by atoms with Gasteiger partial charge in [0.25, 0.3) is 11.8 Å². The lowest BCUT2D eigenvalue weighted by Crippen LogP contribution is -2.29. The van der Waals surface area contributed by atoms with Gasteiger partial charge >= 0.3 is 0 Å². The molecule has 0 saturated carbocycles. The summed E-state index contributed by atoms with van der Waals surface area (Å²) in [5.74, 6) is 0.241. The Hall–Kier alpha value is -3.60. The molecule has 0 unspecified atom stereocenters. The van der Waals surface area contributed by atoms with Gasteiger partial charge in [0, 0.05) is 5.56 Å². The molecule has 2 amide bonds. The fourth-order valence-electron chi connectivity index (χ4n) is 2.71. The van der Waals surface area contributed by atoms with Gasteiger partial charge in [-0.3, -0.25) is 9.59 Å². The van der Waals surface area contributed by atoms with Crippen LogP contribution < -0.4 is 15.4 Å². The molecule has 0 atom stereocenters. The van der Waals surface area contributed by atoms with Gasteiger partial charge in [0.15, 0.2) is 0 Å². The maximum absolute atomic E-state index is 12.5. The fourth-order valence-corrected chi connectivity index (χ4v) is 2.71. The van der Waals surface area contributed by atoms with Gasteiger partial charge in [-0.2, -0.15) is 0 Å². The molecule has 142 valence electrons. The summed E-state index contributed by atoms with van der Waals surface area (Å²) >= 11 is 0. The largest absolute Gasteiger partial charge is 0.492 e. The first-order chi connectivity index (χ1) is 13.6. The summed E-state index contributed by atoms with van der Waals surface area (Å²) in [6, 6.07) is 23.5. The van der Waals surface area contributed by atoms with Gasteiger partial charge in [-0.15, -0.1) is 0 Å². The van der Waals surface area contributed by atoms with Crippen LogP contribution in [0.4, 0.5) is 5.69 Å². The molecular formula is C23H22N2O3. The molecule has 0 fully saturated rings. The Morgan fingerprint density at radius 3 is 2.39 bits per heavy atom. The molecule has 0 radical (unpaired) electrons. The molecule has 0 heterocycles. The van der Waals surface area contributed by atoms with Crippen molar-refractivity contribution in [2.45, 2.75) is 6.92 Å². The SMILES string of the molecule is Cc1cccc(OCCNC(=O)c2ccccc2NC(=O)c2ccccc2)c1. The fraction of sp³-hybridized carbons (Fsp3) is 0.130. The molecule has 0 aliphatic heterocycles. The van der Waals surface area contributed by atoms with E-state index >= 15 is 0 Å². The summed E-state index contributed by atoms with van der Waals surface area (Å²) in [7, 11) is 0. The number of nitrogens with one attached hydrogen (secondary N) is 2. The van der Waals surface area contributed by atoms with Crippen molar-refractivity contribution in [2.24, 2.45) is 0 Å². The van der Waals surface area contributed by atoms with Gasteiger partial charge in [0.05, 0.1) is 17.8 Å². The number of ether oxygens (including phenoxy) is 1. The Labute approximate surface area is 164 Å². The molecule has 3 aromatic rings. The standard InChI is InChI=1S/C23H22N2O3/c1-17-8-7-11-19(16-17)28-15-14-24-23(27)20-12-5-6-13-21(20)25-22(26)18-9-3-2-4-10-18/h2-13,16H,14-15H2,1H3,(H,24,27)(H,25,26). The van der Waals surface area contributed by atoms with Crippen LogP contribution in [0.1, 0.15) is 26.3 Å². The second-order valence-electron chi connectivity index (χ2n) is 6.29. The van der Waals surface area contributed by atoms with Crippen molar-refractivity contribution in [3.05, 3.63) is 95.6 Å². The Morgan fingerprint density at radius 1 is 0.857 bits per heavy atom. The summed E-state index contributed by atoms with van der Waals surface area (Å²) in [5.41, 5.74) is 2.52. The van der Waals surface area contributed by atoms with Crippen LogP contribution in [0.15, 0.2) is 78.9 Å². The lowest BCUT2D eigenvalue weighted by atomic mass is 10.1. The molecule has 28 heavy (non-hydrogen) atoms. The Bertz CT molecular complexity index is 955. The minimum Gasteiger partial charge on any atom is -0.492 e. The minimum absolute atomic E-state index is 0.261. The van der Waals surface area contributed by atoms with Crippen LogP contribution in [0.3, 0.4) is 0 Å². The second-order valence-corrected chi connectivity index (χ2v) is 6.29. The van der Waals surface area contributed by atoms with E-state index in [-0.39, 0.29) is 11.8 Å². The molecule has 5 heteroatoms. The second kappa shape index (κ2) is 9.37. The molecule has 0 saturated heterocycles. The molecule has 0 aromatic heterocycles. The number of hydrogen-bond acceptors (Lipinski definition) is 3. The molecule has 0 bridgehead atoms. The number of hydrogen-bond donors (Lipinski definition) is 2. The number of para-hydroxylation sites is 1. The topological polar surface area (TPSA) is 67.4 Å². The van der Waals surface area contributed by atoms with Crippen molar-refractivity contribution in [1.82, 2.24) is 5.32 Å². The van der Waals surface area contributed by atoms with Gasteiger partial charge in [-0.05, 0) is 48.9 Å². The highest BCUT2D eigenvalue weighted by atomic mass is 16.5.